The van der Waals surface area contributed by atoms with Gasteiger partial charge in [-0.25, -0.2) is 5.84 Å². The number of benzene rings is 1. The molecule has 0 radical (unpaired) electrons. The lowest BCUT2D eigenvalue weighted by molar-refractivity contribution is 0.0953. The molecule has 1 amide bonds. The van der Waals surface area contributed by atoms with Crippen LogP contribution in [-0.4, -0.2) is 10.9 Å². The van der Waals surface area contributed by atoms with Crippen LogP contribution in [0, 0.1) is 0 Å². The first-order valence-corrected chi connectivity index (χ1v) is 5.90. The van der Waals surface area contributed by atoms with Gasteiger partial charge < -0.3 is 4.74 Å². The molecule has 0 saturated carbocycles. The average Bonchev–Trinajstić information content (AvgIpc) is 2.45. The van der Waals surface area contributed by atoms with Crippen LogP contribution in [0.25, 0.3) is 0 Å². The van der Waals surface area contributed by atoms with Crippen LogP contribution in [0.3, 0.4) is 0 Å². The maximum Gasteiger partial charge on any atom is 0.265 e. The Morgan fingerprint density at radius 3 is 2.68 bits per heavy atom. The SMILES string of the molecule is NNC(=O)c1ccc(COc2cncc(Cl)c2)cc1. The van der Waals surface area contributed by atoms with Crippen LogP contribution in [0.2, 0.25) is 5.02 Å². The molecule has 2 rings (SSSR count). The molecule has 0 bridgehead atoms. The van der Waals surface area contributed by atoms with Gasteiger partial charge in [0.2, 0.25) is 0 Å². The van der Waals surface area contributed by atoms with Crippen LogP contribution in [0.1, 0.15) is 15.9 Å². The van der Waals surface area contributed by atoms with Crippen LogP contribution in [0.5, 0.6) is 5.75 Å². The predicted octanol–water partition coefficient (Wildman–Crippen LogP) is 1.92. The van der Waals surface area contributed by atoms with Crippen molar-refractivity contribution in [2.24, 2.45) is 5.84 Å². The van der Waals surface area contributed by atoms with E-state index in [0.717, 1.165) is 5.56 Å². The second-order valence-corrected chi connectivity index (χ2v) is 4.23. The number of hydrazine groups is 1. The van der Waals surface area contributed by atoms with Crippen molar-refractivity contribution >= 4 is 17.5 Å². The molecule has 5 nitrogen and oxygen atoms in total. The molecule has 0 spiro atoms. The fraction of sp³-hybridized carbons (Fsp3) is 0.0769. The van der Waals surface area contributed by atoms with Crippen molar-refractivity contribution < 1.29 is 9.53 Å². The molecule has 3 N–H and O–H groups in total. The van der Waals surface area contributed by atoms with Gasteiger partial charge in [0.05, 0.1) is 11.2 Å². The first kappa shape index (κ1) is 13.3. The van der Waals surface area contributed by atoms with Gasteiger partial charge in [-0.05, 0) is 17.7 Å². The quantitative estimate of drug-likeness (QED) is 0.508. The standard InChI is InChI=1S/C13H12ClN3O2/c14-11-5-12(7-16-6-11)19-8-9-1-3-10(4-2-9)13(18)17-15/h1-7H,8,15H2,(H,17,18). The zero-order valence-electron chi connectivity index (χ0n) is 9.97. The topological polar surface area (TPSA) is 77.2 Å². The number of aromatic nitrogens is 1. The summed E-state index contributed by atoms with van der Waals surface area (Å²) in [6.07, 6.45) is 3.12. The molecule has 0 unspecified atom stereocenters. The largest absolute Gasteiger partial charge is 0.487 e. The molecule has 0 saturated heterocycles. The van der Waals surface area contributed by atoms with Gasteiger partial charge in [0.15, 0.2) is 0 Å². The number of ether oxygens (including phenoxy) is 1. The average molecular weight is 278 g/mol. The number of nitrogens with zero attached hydrogens (tertiary/aromatic N) is 1. The highest BCUT2D eigenvalue weighted by molar-refractivity contribution is 6.30. The second-order valence-electron chi connectivity index (χ2n) is 3.80. The number of rotatable bonds is 4. The van der Waals surface area contributed by atoms with Crippen LogP contribution < -0.4 is 16.0 Å². The number of carbonyl (C=O) groups is 1. The monoisotopic (exact) mass is 277 g/mol. The molecule has 98 valence electrons. The maximum absolute atomic E-state index is 11.3. The van der Waals surface area contributed by atoms with Crippen molar-refractivity contribution in [1.29, 1.82) is 0 Å². The number of pyridine rings is 1. The van der Waals surface area contributed by atoms with E-state index in [0.29, 0.717) is 22.9 Å². The van der Waals surface area contributed by atoms with Crippen molar-refractivity contribution in [1.82, 2.24) is 10.4 Å². The lowest BCUT2D eigenvalue weighted by Crippen LogP contribution is -2.29. The summed E-state index contributed by atoms with van der Waals surface area (Å²) >= 11 is 5.80. The van der Waals surface area contributed by atoms with E-state index in [1.54, 1.807) is 36.5 Å². The minimum absolute atomic E-state index is 0.327. The van der Waals surface area contributed by atoms with E-state index >= 15 is 0 Å². The highest BCUT2D eigenvalue weighted by Crippen LogP contribution is 2.16. The second kappa shape index (κ2) is 6.17. The molecule has 6 heteroatoms. The van der Waals surface area contributed by atoms with Gasteiger partial charge in [0, 0.05) is 17.8 Å². The van der Waals surface area contributed by atoms with Gasteiger partial charge in [0.1, 0.15) is 12.4 Å². The van der Waals surface area contributed by atoms with Gasteiger partial charge in [-0.2, -0.15) is 0 Å². The van der Waals surface area contributed by atoms with Gasteiger partial charge in [-0.15, -0.1) is 0 Å². The highest BCUT2D eigenvalue weighted by Gasteiger charge is 2.03. The van der Waals surface area contributed by atoms with Crippen molar-refractivity contribution in [2.75, 3.05) is 0 Å². The number of hydrogen-bond donors (Lipinski definition) is 2. The van der Waals surface area contributed by atoms with Crippen molar-refractivity contribution in [3.8, 4) is 5.75 Å². The normalized spacial score (nSPS) is 10.0. The summed E-state index contributed by atoms with van der Waals surface area (Å²) in [5.74, 6) is 5.31. The molecule has 1 heterocycles. The molecule has 0 fully saturated rings. The van der Waals surface area contributed by atoms with Gasteiger partial charge >= 0.3 is 0 Å². The molecule has 0 aliphatic rings. The Hall–Kier alpha value is -2.11. The third kappa shape index (κ3) is 3.67. The summed E-state index contributed by atoms with van der Waals surface area (Å²) in [4.78, 5) is 15.2. The van der Waals surface area contributed by atoms with Crippen LogP contribution in [-0.2, 0) is 6.61 Å². The summed E-state index contributed by atoms with van der Waals surface area (Å²) in [6, 6.07) is 8.63. The van der Waals surface area contributed by atoms with E-state index in [1.807, 2.05) is 0 Å². The summed E-state index contributed by atoms with van der Waals surface area (Å²) in [5.41, 5.74) is 3.49. The summed E-state index contributed by atoms with van der Waals surface area (Å²) < 4.78 is 5.53. The Labute approximate surface area is 115 Å². The molecule has 2 aromatic rings. The Balaban J connectivity index is 1.98. The number of nitrogen functional groups attached to an aromatic ring is 1. The third-order valence-electron chi connectivity index (χ3n) is 2.43. The Kier molecular flexibility index (Phi) is 4.33. The van der Waals surface area contributed by atoms with Crippen LogP contribution >= 0.6 is 11.6 Å². The third-order valence-corrected chi connectivity index (χ3v) is 2.64. The fourth-order valence-corrected chi connectivity index (χ4v) is 1.64. The van der Waals surface area contributed by atoms with Crippen LogP contribution in [0.15, 0.2) is 42.7 Å². The van der Waals surface area contributed by atoms with E-state index in [9.17, 15) is 4.79 Å². The maximum atomic E-state index is 11.3. The molecular weight excluding hydrogens is 266 g/mol. The van der Waals surface area contributed by atoms with E-state index < -0.39 is 0 Å². The minimum atomic E-state index is -0.327. The Morgan fingerprint density at radius 1 is 1.32 bits per heavy atom. The molecule has 0 aliphatic heterocycles. The van der Waals surface area contributed by atoms with Gasteiger partial charge in [0.25, 0.3) is 5.91 Å². The zero-order chi connectivity index (χ0) is 13.7. The number of nitrogens with one attached hydrogen (secondary N) is 1. The number of nitrogens with two attached hydrogens (primary N) is 1. The first-order valence-electron chi connectivity index (χ1n) is 5.52. The Bertz CT molecular complexity index is 572. The van der Waals surface area contributed by atoms with Crippen molar-refractivity contribution in [3.63, 3.8) is 0 Å². The highest BCUT2D eigenvalue weighted by atomic mass is 35.5. The zero-order valence-corrected chi connectivity index (χ0v) is 10.7. The smallest absolute Gasteiger partial charge is 0.265 e. The van der Waals surface area contributed by atoms with E-state index in [2.05, 4.69) is 10.4 Å². The van der Waals surface area contributed by atoms with E-state index in [1.165, 1.54) is 6.20 Å². The minimum Gasteiger partial charge on any atom is -0.487 e. The summed E-state index contributed by atoms with van der Waals surface area (Å²) in [7, 11) is 0. The lowest BCUT2D eigenvalue weighted by atomic mass is 10.1. The number of hydrogen-bond acceptors (Lipinski definition) is 4. The lowest BCUT2D eigenvalue weighted by Gasteiger charge is -2.06. The molecular formula is C13H12ClN3O2. The van der Waals surface area contributed by atoms with Crippen molar-refractivity contribution in [2.45, 2.75) is 6.61 Å². The Morgan fingerprint density at radius 2 is 2.05 bits per heavy atom. The predicted molar refractivity (Wildman–Crippen MR) is 71.7 cm³/mol. The molecule has 0 aliphatic carbocycles. The number of halogens is 1. The molecule has 1 aromatic carbocycles. The van der Waals surface area contributed by atoms with Crippen molar-refractivity contribution in [3.05, 3.63) is 58.9 Å². The summed E-state index contributed by atoms with van der Waals surface area (Å²) in [6.45, 7) is 0.368. The first-order chi connectivity index (χ1) is 9.19. The molecule has 19 heavy (non-hydrogen) atoms. The number of carbonyl (C=O) groups excluding carboxylic acids is 1. The van der Waals surface area contributed by atoms with E-state index in [4.69, 9.17) is 22.2 Å². The van der Waals surface area contributed by atoms with E-state index in [-0.39, 0.29) is 5.91 Å². The fourth-order valence-electron chi connectivity index (χ4n) is 1.47. The van der Waals surface area contributed by atoms with Gasteiger partial charge in [-0.1, -0.05) is 23.7 Å². The van der Waals surface area contributed by atoms with Crippen LogP contribution in [0.4, 0.5) is 0 Å². The molecule has 0 atom stereocenters. The molecule has 1 aromatic heterocycles. The van der Waals surface area contributed by atoms with Gasteiger partial charge in [-0.3, -0.25) is 15.2 Å². The number of amides is 1. The summed E-state index contributed by atoms with van der Waals surface area (Å²) in [5, 5.41) is 0.521.